The van der Waals surface area contributed by atoms with E-state index in [2.05, 4.69) is 10.2 Å². The van der Waals surface area contributed by atoms with Crippen molar-refractivity contribution in [3.63, 3.8) is 0 Å². The maximum atomic E-state index is 12.5. The number of hydrogen-bond donors (Lipinski definition) is 1. The number of piperazine rings is 1. The summed E-state index contributed by atoms with van der Waals surface area (Å²) < 4.78 is 0. The molecule has 1 N–H and O–H groups in total. The van der Waals surface area contributed by atoms with Crippen molar-refractivity contribution < 1.29 is 14.4 Å². The molecule has 1 aliphatic rings. The molecule has 154 valence electrons. The van der Waals surface area contributed by atoms with Crippen LogP contribution in [0.2, 0.25) is 0 Å². The van der Waals surface area contributed by atoms with Gasteiger partial charge in [0.2, 0.25) is 11.8 Å². The summed E-state index contributed by atoms with van der Waals surface area (Å²) in [4.78, 5) is 42.7. The van der Waals surface area contributed by atoms with Gasteiger partial charge >= 0.3 is 0 Å². The Bertz CT molecular complexity index is 653. The van der Waals surface area contributed by atoms with E-state index in [4.69, 9.17) is 0 Å². The maximum Gasteiger partial charge on any atom is 0.251 e. The van der Waals surface area contributed by atoms with Crippen molar-refractivity contribution in [2.75, 3.05) is 45.8 Å². The van der Waals surface area contributed by atoms with Crippen LogP contribution in [0.5, 0.6) is 0 Å². The van der Waals surface area contributed by atoms with E-state index in [9.17, 15) is 14.4 Å². The molecule has 1 heterocycles. The second-order valence-electron chi connectivity index (χ2n) is 7.17. The summed E-state index contributed by atoms with van der Waals surface area (Å²) in [5.74, 6) is 0.0123. The van der Waals surface area contributed by atoms with Gasteiger partial charge < -0.3 is 15.1 Å². The van der Waals surface area contributed by atoms with Crippen LogP contribution >= 0.6 is 0 Å². The standard InChI is InChI=1S/C21H32N4O3/c1-4-24(5-2)20(27)16-23-11-13-25(14-12-23)19(26)15-17(3)22-21(28)18-9-7-6-8-10-18/h6-10,17H,4-5,11-16H2,1-3H3,(H,22,28). The molecule has 2 rings (SSSR count). The first kappa shape index (κ1) is 21.9. The minimum atomic E-state index is -0.234. The van der Waals surface area contributed by atoms with Gasteiger partial charge in [-0.3, -0.25) is 19.3 Å². The van der Waals surface area contributed by atoms with Gasteiger partial charge in [-0.25, -0.2) is 0 Å². The van der Waals surface area contributed by atoms with Gasteiger partial charge in [0, 0.05) is 57.3 Å². The topological polar surface area (TPSA) is 73.0 Å². The lowest BCUT2D eigenvalue weighted by atomic mass is 10.1. The smallest absolute Gasteiger partial charge is 0.251 e. The molecule has 1 aromatic rings. The molecule has 1 saturated heterocycles. The molecule has 0 aromatic heterocycles. The molecule has 1 unspecified atom stereocenters. The van der Waals surface area contributed by atoms with E-state index >= 15 is 0 Å². The minimum absolute atomic E-state index is 0.0376. The number of nitrogens with zero attached hydrogens (tertiary/aromatic N) is 3. The largest absolute Gasteiger partial charge is 0.349 e. The van der Waals surface area contributed by atoms with Crippen molar-refractivity contribution >= 4 is 17.7 Å². The first-order valence-corrected chi connectivity index (χ1v) is 10.1. The molecule has 0 saturated carbocycles. The third-order valence-electron chi connectivity index (χ3n) is 5.09. The molecule has 1 atom stereocenters. The molecule has 0 spiro atoms. The Morgan fingerprint density at radius 2 is 1.64 bits per heavy atom. The van der Waals surface area contributed by atoms with Crippen LogP contribution in [-0.2, 0) is 9.59 Å². The fraction of sp³-hybridized carbons (Fsp3) is 0.571. The molecule has 1 fully saturated rings. The Hall–Kier alpha value is -2.41. The summed E-state index contributed by atoms with van der Waals surface area (Å²) in [6.45, 7) is 10.3. The summed E-state index contributed by atoms with van der Waals surface area (Å²) in [5, 5.41) is 2.88. The Balaban J connectivity index is 1.74. The summed E-state index contributed by atoms with van der Waals surface area (Å²) in [6, 6.07) is 8.76. The molecule has 3 amide bonds. The highest BCUT2D eigenvalue weighted by Crippen LogP contribution is 2.07. The molecule has 28 heavy (non-hydrogen) atoms. The second-order valence-corrected chi connectivity index (χ2v) is 7.17. The average molecular weight is 389 g/mol. The molecule has 1 aliphatic heterocycles. The van der Waals surface area contributed by atoms with Crippen LogP contribution in [0.15, 0.2) is 30.3 Å². The first-order chi connectivity index (χ1) is 13.4. The Labute approximate surface area is 167 Å². The number of rotatable bonds is 8. The lowest BCUT2D eigenvalue weighted by Gasteiger charge is -2.35. The third-order valence-corrected chi connectivity index (χ3v) is 5.09. The quantitative estimate of drug-likeness (QED) is 0.727. The van der Waals surface area contributed by atoms with Gasteiger partial charge in [-0.2, -0.15) is 0 Å². The van der Waals surface area contributed by atoms with E-state index in [0.29, 0.717) is 38.3 Å². The van der Waals surface area contributed by atoms with Gasteiger partial charge in [-0.15, -0.1) is 0 Å². The van der Waals surface area contributed by atoms with E-state index in [1.807, 2.05) is 48.8 Å². The number of hydrogen-bond acceptors (Lipinski definition) is 4. The zero-order chi connectivity index (χ0) is 20.5. The van der Waals surface area contributed by atoms with Crippen molar-refractivity contribution in [3.8, 4) is 0 Å². The van der Waals surface area contributed by atoms with Gasteiger partial charge in [0.15, 0.2) is 0 Å². The molecule has 7 heteroatoms. The second kappa shape index (κ2) is 10.8. The third kappa shape index (κ3) is 6.34. The lowest BCUT2D eigenvalue weighted by Crippen LogP contribution is -2.52. The van der Waals surface area contributed by atoms with Crippen LogP contribution < -0.4 is 5.32 Å². The number of carbonyl (C=O) groups is 3. The Kier molecular flexibility index (Phi) is 8.44. The molecule has 1 aromatic carbocycles. The highest BCUT2D eigenvalue weighted by Gasteiger charge is 2.24. The Morgan fingerprint density at radius 3 is 2.21 bits per heavy atom. The molecule has 7 nitrogen and oxygen atoms in total. The summed E-state index contributed by atoms with van der Waals surface area (Å²) in [5.41, 5.74) is 0.591. The summed E-state index contributed by atoms with van der Waals surface area (Å²) in [7, 11) is 0. The zero-order valence-corrected chi connectivity index (χ0v) is 17.2. The van der Waals surface area contributed by atoms with E-state index in [0.717, 1.165) is 13.1 Å². The summed E-state index contributed by atoms with van der Waals surface area (Å²) >= 11 is 0. The van der Waals surface area contributed by atoms with Gasteiger partial charge in [0.25, 0.3) is 5.91 Å². The predicted molar refractivity (Wildman–Crippen MR) is 109 cm³/mol. The van der Waals surface area contributed by atoms with E-state index < -0.39 is 0 Å². The van der Waals surface area contributed by atoms with Crippen LogP contribution in [-0.4, -0.2) is 84.3 Å². The predicted octanol–water partition coefficient (Wildman–Crippen LogP) is 1.21. The SMILES string of the molecule is CCN(CC)C(=O)CN1CCN(C(=O)CC(C)NC(=O)c2ccccc2)CC1. The zero-order valence-electron chi connectivity index (χ0n) is 17.2. The van der Waals surface area contributed by atoms with Crippen LogP contribution in [0.1, 0.15) is 37.6 Å². The normalized spacial score (nSPS) is 15.8. The van der Waals surface area contributed by atoms with Gasteiger partial charge in [0.1, 0.15) is 0 Å². The molecule has 0 bridgehead atoms. The van der Waals surface area contributed by atoms with Crippen molar-refractivity contribution in [3.05, 3.63) is 35.9 Å². The van der Waals surface area contributed by atoms with Crippen molar-refractivity contribution in [1.29, 1.82) is 0 Å². The lowest BCUT2D eigenvalue weighted by molar-refractivity contribution is -0.135. The summed E-state index contributed by atoms with van der Waals surface area (Å²) in [6.07, 6.45) is 0.275. The minimum Gasteiger partial charge on any atom is -0.349 e. The van der Waals surface area contributed by atoms with Crippen LogP contribution in [0, 0.1) is 0 Å². The van der Waals surface area contributed by atoms with E-state index in [-0.39, 0.29) is 30.2 Å². The highest BCUT2D eigenvalue weighted by atomic mass is 16.2. The molecule has 0 aliphatic carbocycles. The molecular formula is C21H32N4O3. The fourth-order valence-corrected chi connectivity index (χ4v) is 3.36. The maximum absolute atomic E-state index is 12.5. The van der Waals surface area contributed by atoms with Gasteiger partial charge in [-0.1, -0.05) is 18.2 Å². The van der Waals surface area contributed by atoms with Crippen LogP contribution in [0.3, 0.4) is 0 Å². The van der Waals surface area contributed by atoms with Crippen LogP contribution in [0.25, 0.3) is 0 Å². The first-order valence-electron chi connectivity index (χ1n) is 10.1. The van der Waals surface area contributed by atoms with Gasteiger partial charge in [0.05, 0.1) is 6.54 Å². The average Bonchev–Trinajstić information content (AvgIpc) is 2.70. The number of carbonyl (C=O) groups excluding carboxylic acids is 3. The number of likely N-dealkylation sites (N-methyl/N-ethyl adjacent to an activating group) is 1. The fourth-order valence-electron chi connectivity index (χ4n) is 3.36. The Morgan fingerprint density at radius 1 is 1.04 bits per heavy atom. The molecular weight excluding hydrogens is 356 g/mol. The number of benzene rings is 1. The monoisotopic (exact) mass is 388 g/mol. The van der Waals surface area contributed by atoms with Crippen molar-refractivity contribution in [2.45, 2.75) is 33.2 Å². The highest BCUT2D eigenvalue weighted by molar-refractivity contribution is 5.94. The van der Waals surface area contributed by atoms with E-state index in [1.165, 1.54) is 0 Å². The van der Waals surface area contributed by atoms with Crippen LogP contribution in [0.4, 0.5) is 0 Å². The molecule has 0 radical (unpaired) electrons. The number of amides is 3. The number of nitrogens with one attached hydrogen (secondary N) is 1. The van der Waals surface area contributed by atoms with E-state index in [1.54, 1.807) is 12.1 Å². The van der Waals surface area contributed by atoms with Crippen molar-refractivity contribution in [1.82, 2.24) is 20.0 Å². The van der Waals surface area contributed by atoms with Gasteiger partial charge in [-0.05, 0) is 32.9 Å². The van der Waals surface area contributed by atoms with Crippen molar-refractivity contribution in [2.24, 2.45) is 0 Å².